The first-order chi connectivity index (χ1) is 12.3. The maximum absolute atomic E-state index is 13.1. The van der Waals surface area contributed by atoms with Gasteiger partial charge >= 0.3 is 6.18 Å². The van der Waals surface area contributed by atoms with Gasteiger partial charge < -0.3 is 10.1 Å². The third-order valence-corrected chi connectivity index (χ3v) is 3.75. The Morgan fingerprint density at radius 2 is 1.92 bits per heavy atom. The summed E-state index contributed by atoms with van der Waals surface area (Å²) in [5, 5.41) is 2.95. The van der Waals surface area contributed by atoms with Crippen LogP contribution in [0.4, 0.5) is 18.9 Å². The minimum atomic E-state index is -4.64. The van der Waals surface area contributed by atoms with Crippen LogP contribution in [0.5, 0.6) is 5.75 Å². The van der Waals surface area contributed by atoms with E-state index >= 15 is 0 Å². The summed E-state index contributed by atoms with van der Waals surface area (Å²) in [6, 6.07) is 11.9. The second kappa shape index (κ2) is 7.21. The zero-order chi connectivity index (χ0) is 18.7. The van der Waals surface area contributed by atoms with Crippen LogP contribution in [0.3, 0.4) is 0 Å². The standard InChI is InChI=1S/C18H12ClF3N2O2/c19-12-6-7-14(13(9-12)18(20,21)22)24-16(25)10-26-15-5-1-3-11-4-2-8-23-17(11)15/h1-9H,10H2,(H,24,25). The maximum atomic E-state index is 13.1. The molecule has 0 atom stereocenters. The SMILES string of the molecule is O=C(COc1cccc2cccnc12)Nc1ccc(Cl)cc1C(F)(F)F. The number of carbonyl (C=O) groups is 1. The summed E-state index contributed by atoms with van der Waals surface area (Å²) in [6.07, 6.45) is -3.06. The molecule has 1 N–H and O–H groups in total. The number of rotatable bonds is 4. The highest BCUT2D eigenvalue weighted by Gasteiger charge is 2.34. The van der Waals surface area contributed by atoms with E-state index in [1.54, 1.807) is 24.4 Å². The number of amides is 1. The predicted molar refractivity (Wildman–Crippen MR) is 92.3 cm³/mol. The molecule has 134 valence electrons. The fourth-order valence-corrected chi connectivity index (χ4v) is 2.55. The maximum Gasteiger partial charge on any atom is 0.418 e. The Bertz CT molecular complexity index is 955. The third kappa shape index (κ3) is 4.05. The van der Waals surface area contributed by atoms with E-state index < -0.39 is 24.3 Å². The summed E-state index contributed by atoms with van der Waals surface area (Å²) in [7, 11) is 0. The van der Waals surface area contributed by atoms with Crippen molar-refractivity contribution < 1.29 is 22.7 Å². The quantitative estimate of drug-likeness (QED) is 0.698. The Balaban J connectivity index is 1.74. The average Bonchev–Trinajstić information content (AvgIpc) is 2.60. The van der Waals surface area contributed by atoms with Crippen LogP contribution in [-0.4, -0.2) is 17.5 Å². The van der Waals surface area contributed by atoms with Gasteiger partial charge in [0.05, 0.1) is 11.3 Å². The van der Waals surface area contributed by atoms with Crippen LogP contribution >= 0.6 is 11.6 Å². The second-order valence-corrected chi connectivity index (χ2v) is 5.79. The molecule has 0 saturated heterocycles. The normalized spacial score (nSPS) is 11.4. The molecule has 0 spiro atoms. The number of fused-ring (bicyclic) bond motifs is 1. The first-order valence-electron chi connectivity index (χ1n) is 7.48. The van der Waals surface area contributed by atoms with Gasteiger partial charge in [0, 0.05) is 16.6 Å². The van der Waals surface area contributed by atoms with Crippen LogP contribution < -0.4 is 10.1 Å². The van der Waals surface area contributed by atoms with Crippen molar-refractivity contribution in [3.8, 4) is 5.75 Å². The lowest BCUT2D eigenvalue weighted by molar-refractivity contribution is -0.137. The van der Waals surface area contributed by atoms with Gasteiger partial charge in [-0.15, -0.1) is 0 Å². The van der Waals surface area contributed by atoms with E-state index in [1.165, 1.54) is 6.07 Å². The molecular formula is C18H12ClF3N2O2. The largest absolute Gasteiger partial charge is 0.481 e. The van der Waals surface area contributed by atoms with Crippen molar-refractivity contribution in [3.05, 3.63) is 65.3 Å². The monoisotopic (exact) mass is 380 g/mol. The van der Waals surface area contributed by atoms with Crippen molar-refractivity contribution >= 4 is 34.1 Å². The van der Waals surface area contributed by atoms with Gasteiger partial charge in [0.2, 0.25) is 0 Å². The lowest BCUT2D eigenvalue weighted by atomic mass is 10.1. The van der Waals surface area contributed by atoms with Crippen LogP contribution in [-0.2, 0) is 11.0 Å². The van der Waals surface area contributed by atoms with Gasteiger partial charge in [-0.3, -0.25) is 9.78 Å². The Morgan fingerprint density at radius 1 is 1.15 bits per heavy atom. The molecule has 0 fully saturated rings. The summed E-state index contributed by atoms with van der Waals surface area (Å²) in [4.78, 5) is 16.2. The van der Waals surface area contributed by atoms with Gasteiger partial charge in [-0.2, -0.15) is 13.2 Å². The molecule has 0 unspecified atom stereocenters. The fourth-order valence-electron chi connectivity index (χ4n) is 2.38. The number of halogens is 4. The Hall–Kier alpha value is -2.80. The predicted octanol–water partition coefficient (Wildman–Crippen LogP) is 4.92. The van der Waals surface area contributed by atoms with E-state index in [9.17, 15) is 18.0 Å². The zero-order valence-electron chi connectivity index (χ0n) is 13.2. The fraction of sp³-hybridized carbons (Fsp3) is 0.111. The number of hydrogen-bond donors (Lipinski definition) is 1. The number of para-hydroxylation sites is 1. The molecule has 2 aromatic carbocycles. The summed E-state index contributed by atoms with van der Waals surface area (Å²) in [6.45, 7) is -0.463. The van der Waals surface area contributed by atoms with Gasteiger partial charge in [0.25, 0.3) is 5.91 Å². The lowest BCUT2D eigenvalue weighted by Gasteiger charge is -2.14. The van der Waals surface area contributed by atoms with Gasteiger partial charge in [-0.05, 0) is 30.3 Å². The summed E-state index contributed by atoms with van der Waals surface area (Å²) < 4.78 is 44.6. The average molecular weight is 381 g/mol. The van der Waals surface area contributed by atoms with Crippen LogP contribution in [0.25, 0.3) is 10.9 Å². The molecule has 0 aliphatic rings. The van der Waals surface area contributed by atoms with E-state index in [2.05, 4.69) is 10.3 Å². The molecular weight excluding hydrogens is 369 g/mol. The molecule has 3 rings (SSSR count). The summed E-state index contributed by atoms with van der Waals surface area (Å²) in [5.41, 5.74) is -0.845. The van der Waals surface area contributed by atoms with Crippen molar-refractivity contribution in [2.75, 3.05) is 11.9 Å². The molecule has 26 heavy (non-hydrogen) atoms. The molecule has 3 aromatic rings. The molecule has 0 saturated carbocycles. The Kier molecular flexibility index (Phi) is 4.99. The molecule has 1 aromatic heterocycles. The van der Waals surface area contributed by atoms with E-state index in [4.69, 9.17) is 16.3 Å². The van der Waals surface area contributed by atoms with Gasteiger partial charge in [0.15, 0.2) is 6.61 Å². The van der Waals surface area contributed by atoms with E-state index in [0.29, 0.717) is 11.3 Å². The van der Waals surface area contributed by atoms with Crippen molar-refractivity contribution in [1.82, 2.24) is 4.98 Å². The van der Waals surface area contributed by atoms with Gasteiger partial charge in [-0.1, -0.05) is 29.8 Å². The molecule has 0 aliphatic heterocycles. The molecule has 0 aliphatic carbocycles. The smallest absolute Gasteiger partial charge is 0.418 e. The highest BCUT2D eigenvalue weighted by molar-refractivity contribution is 6.30. The number of hydrogen-bond acceptors (Lipinski definition) is 3. The number of anilines is 1. The minimum absolute atomic E-state index is 0.0756. The first kappa shape index (κ1) is 18.0. The molecule has 4 nitrogen and oxygen atoms in total. The zero-order valence-corrected chi connectivity index (χ0v) is 13.9. The number of pyridine rings is 1. The molecule has 1 amide bonds. The van der Waals surface area contributed by atoms with E-state index in [-0.39, 0.29) is 10.7 Å². The van der Waals surface area contributed by atoms with E-state index in [0.717, 1.165) is 17.5 Å². The topological polar surface area (TPSA) is 51.2 Å². The van der Waals surface area contributed by atoms with Crippen LogP contribution in [0.2, 0.25) is 5.02 Å². The number of carbonyl (C=O) groups excluding carboxylic acids is 1. The number of nitrogens with zero attached hydrogens (tertiary/aromatic N) is 1. The van der Waals surface area contributed by atoms with E-state index in [1.807, 2.05) is 12.1 Å². The number of alkyl halides is 3. The first-order valence-corrected chi connectivity index (χ1v) is 7.85. The molecule has 8 heteroatoms. The van der Waals surface area contributed by atoms with Crippen molar-refractivity contribution in [3.63, 3.8) is 0 Å². The third-order valence-electron chi connectivity index (χ3n) is 3.52. The van der Waals surface area contributed by atoms with Gasteiger partial charge in [-0.25, -0.2) is 0 Å². The summed E-state index contributed by atoms with van der Waals surface area (Å²) >= 11 is 5.61. The minimum Gasteiger partial charge on any atom is -0.481 e. The number of nitrogens with one attached hydrogen (secondary N) is 1. The lowest BCUT2D eigenvalue weighted by Crippen LogP contribution is -2.22. The molecule has 0 bridgehead atoms. The van der Waals surface area contributed by atoms with Crippen LogP contribution in [0, 0.1) is 0 Å². The van der Waals surface area contributed by atoms with Gasteiger partial charge in [0.1, 0.15) is 11.3 Å². The van der Waals surface area contributed by atoms with Crippen molar-refractivity contribution in [2.45, 2.75) is 6.18 Å². The Labute approximate surface area is 151 Å². The molecule has 1 heterocycles. The Morgan fingerprint density at radius 3 is 2.69 bits per heavy atom. The highest BCUT2D eigenvalue weighted by atomic mass is 35.5. The highest BCUT2D eigenvalue weighted by Crippen LogP contribution is 2.36. The van der Waals surface area contributed by atoms with Crippen molar-refractivity contribution in [2.24, 2.45) is 0 Å². The van der Waals surface area contributed by atoms with Crippen molar-refractivity contribution in [1.29, 1.82) is 0 Å². The summed E-state index contributed by atoms with van der Waals surface area (Å²) in [5.74, 6) is -0.365. The number of benzene rings is 2. The number of aromatic nitrogens is 1. The second-order valence-electron chi connectivity index (χ2n) is 5.36. The molecule has 0 radical (unpaired) electrons. The van der Waals surface area contributed by atoms with Crippen LogP contribution in [0.1, 0.15) is 5.56 Å². The van der Waals surface area contributed by atoms with Crippen LogP contribution in [0.15, 0.2) is 54.7 Å². The number of ether oxygens (including phenoxy) is 1.